The summed E-state index contributed by atoms with van der Waals surface area (Å²) in [6.45, 7) is 0. The zero-order valence-electron chi connectivity index (χ0n) is 14.4. The molecule has 0 atom stereocenters. The molecule has 121 valence electrons. The van der Waals surface area contributed by atoms with Crippen LogP contribution in [0.15, 0.2) is 0 Å². The summed E-state index contributed by atoms with van der Waals surface area (Å²) in [5, 5.41) is 15.1. The van der Waals surface area contributed by atoms with Gasteiger partial charge in [-0.3, -0.25) is 0 Å². The fourth-order valence-electron chi connectivity index (χ4n) is 5.40. The van der Waals surface area contributed by atoms with Gasteiger partial charge in [0.1, 0.15) is 0 Å². The highest BCUT2D eigenvalue weighted by molar-refractivity contribution is 5.06. The van der Waals surface area contributed by atoms with Crippen LogP contribution in [0.25, 0.3) is 0 Å². The average molecular weight is 294 g/mol. The van der Waals surface area contributed by atoms with E-state index in [2.05, 4.69) is 21.1 Å². The molecule has 0 N–H and O–H groups in total. The molecular weight excluding hydrogens is 260 g/mol. The molecule has 3 rings (SSSR count). The summed E-state index contributed by atoms with van der Waals surface area (Å²) in [5.41, 5.74) is -0.0475. The van der Waals surface area contributed by atoms with Crippen LogP contribution in [0, 0.1) is 0 Å². The van der Waals surface area contributed by atoms with Crippen LogP contribution < -0.4 is 0 Å². The Morgan fingerprint density at radius 3 is 1.48 bits per heavy atom. The fraction of sp³-hybridized carbons (Fsp3) is 1.00. The maximum absolute atomic E-state index is 13.5. The Morgan fingerprint density at radius 2 is 1.14 bits per heavy atom. The van der Waals surface area contributed by atoms with Crippen molar-refractivity contribution in [2.24, 2.45) is 0 Å². The van der Waals surface area contributed by atoms with Gasteiger partial charge in [-0.1, -0.05) is 38.5 Å². The quantitative estimate of drug-likeness (QED) is 0.673. The van der Waals surface area contributed by atoms with Crippen LogP contribution in [0.3, 0.4) is 0 Å². The molecule has 2 aliphatic carbocycles. The van der Waals surface area contributed by atoms with E-state index < -0.39 is 0 Å². The molecule has 3 aliphatic rings. The second-order valence-corrected chi connectivity index (χ2v) is 9.04. The minimum absolute atomic E-state index is 0.0238. The lowest BCUT2D eigenvalue weighted by atomic mass is 9.65. The summed E-state index contributed by atoms with van der Waals surface area (Å²) >= 11 is 0. The predicted octanol–water partition coefficient (Wildman–Crippen LogP) is 3.91. The number of piperidine rings is 1. The lowest BCUT2D eigenvalue weighted by molar-refractivity contribution is -0.900. The first-order valence-electron chi connectivity index (χ1n) is 9.17. The molecule has 0 amide bonds. The van der Waals surface area contributed by atoms with Gasteiger partial charge in [0.25, 0.3) is 0 Å². The van der Waals surface area contributed by atoms with E-state index in [0.29, 0.717) is 6.04 Å². The van der Waals surface area contributed by atoms with Crippen LogP contribution in [-0.4, -0.2) is 47.8 Å². The maximum Gasteiger partial charge on any atom is 0.0921 e. The fourth-order valence-corrected chi connectivity index (χ4v) is 5.40. The zero-order chi connectivity index (χ0) is 15.1. The number of rotatable bonds is 1. The van der Waals surface area contributed by atoms with Crippen molar-refractivity contribution in [3.8, 4) is 0 Å². The van der Waals surface area contributed by atoms with Gasteiger partial charge in [0.15, 0.2) is 0 Å². The first-order chi connectivity index (χ1) is 9.88. The molecule has 3 nitrogen and oxygen atoms in total. The number of quaternary nitrogens is 1. The van der Waals surface area contributed by atoms with Crippen LogP contribution in [0.5, 0.6) is 0 Å². The zero-order valence-corrected chi connectivity index (χ0v) is 14.4. The van der Waals surface area contributed by atoms with Crippen LogP contribution in [0.4, 0.5) is 0 Å². The van der Waals surface area contributed by atoms with E-state index in [1.807, 2.05) is 0 Å². The molecule has 3 heteroatoms. The monoisotopic (exact) mass is 294 g/mol. The molecule has 1 heterocycles. The lowest BCUT2D eigenvalue weighted by Gasteiger charge is -2.59. The molecule has 1 radical (unpaired) electrons. The SMILES string of the molecule is C[N+](C)(C)C1CC2(CCCCC2)N([O])C2(CCCCC2)C1. The third kappa shape index (κ3) is 2.77. The Labute approximate surface area is 130 Å². The molecule has 1 aliphatic heterocycles. The Hall–Kier alpha value is -0.120. The minimum Gasteiger partial charge on any atom is -0.328 e. The van der Waals surface area contributed by atoms with E-state index in [-0.39, 0.29) is 11.1 Å². The highest BCUT2D eigenvalue weighted by atomic mass is 16.5. The van der Waals surface area contributed by atoms with Crippen LogP contribution in [0.1, 0.15) is 77.0 Å². The highest BCUT2D eigenvalue weighted by Crippen LogP contribution is 2.51. The van der Waals surface area contributed by atoms with Crippen LogP contribution in [0.2, 0.25) is 0 Å². The summed E-state index contributed by atoms with van der Waals surface area (Å²) in [4.78, 5) is 0. The van der Waals surface area contributed by atoms with Crippen molar-refractivity contribution in [2.75, 3.05) is 21.1 Å². The summed E-state index contributed by atoms with van der Waals surface area (Å²) in [6, 6.07) is 0.659. The van der Waals surface area contributed by atoms with E-state index in [9.17, 15) is 5.21 Å². The van der Waals surface area contributed by atoms with Gasteiger partial charge in [-0.25, -0.2) is 0 Å². The summed E-state index contributed by atoms with van der Waals surface area (Å²) in [7, 11) is 6.99. The normalized spacial score (nSPS) is 33.4. The highest BCUT2D eigenvalue weighted by Gasteiger charge is 2.58. The van der Waals surface area contributed by atoms with Gasteiger partial charge >= 0.3 is 0 Å². The minimum atomic E-state index is -0.0238. The number of hydroxylamine groups is 2. The number of nitrogens with zero attached hydrogens (tertiary/aromatic N) is 2. The molecule has 1 saturated heterocycles. The molecule has 0 unspecified atom stereocenters. The molecule has 0 aromatic heterocycles. The standard InChI is InChI=1S/C18H34N2O/c1-20(2,3)16-14-17(10-6-4-7-11-17)19(21)18(15-16)12-8-5-9-13-18/h16H,4-15H2,1-3H3/q+1. The summed E-state index contributed by atoms with van der Waals surface area (Å²) < 4.78 is 1.03. The molecule has 21 heavy (non-hydrogen) atoms. The third-order valence-corrected chi connectivity index (χ3v) is 6.76. The van der Waals surface area contributed by atoms with Gasteiger partial charge in [-0.15, -0.1) is 10.3 Å². The smallest absolute Gasteiger partial charge is 0.0921 e. The Balaban J connectivity index is 1.92. The summed E-state index contributed by atoms with van der Waals surface area (Å²) in [6.07, 6.45) is 14.6. The summed E-state index contributed by atoms with van der Waals surface area (Å²) in [5.74, 6) is 0. The van der Waals surface area contributed by atoms with Crippen molar-refractivity contribution in [1.82, 2.24) is 5.06 Å². The molecule has 0 aromatic rings. The topological polar surface area (TPSA) is 23.1 Å². The van der Waals surface area contributed by atoms with Crippen molar-refractivity contribution < 1.29 is 9.69 Å². The largest absolute Gasteiger partial charge is 0.328 e. The maximum atomic E-state index is 13.5. The van der Waals surface area contributed by atoms with Crippen LogP contribution >= 0.6 is 0 Å². The lowest BCUT2D eigenvalue weighted by Crippen LogP contribution is -2.69. The van der Waals surface area contributed by atoms with E-state index in [0.717, 1.165) is 43.0 Å². The molecule has 0 bridgehead atoms. The van der Waals surface area contributed by atoms with Gasteiger partial charge in [-0.05, 0) is 25.7 Å². The van der Waals surface area contributed by atoms with Gasteiger partial charge in [0.2, 0.25) is 0 Å². The second kappa shape index (κ2) is 5.50. The van der Waals surface area contributed by atoms with Crippen LogP contribution in [-0.2, 0) is 5.21 Å². The molecule has 2 saturated carbocycles. The molecular formula is C18H34N2O+. The van der Waals surface area contributed by atoms with E-state index in [1.54, 1.807) is 5.06 Å². The van der Waals surface area contributed by atoms with Crippen molar-refractivity contribution in [3.05, 3.63) is 0 Å². The second-order valence-electron chi connectivity index (χ2n) is 9.04. The van der Waals surface area contributed by atoms with E-state index in [4.69, 9.17) is 0 Å². The van der Waals surface area contributed by atoms with Crippen molar-refractivity contribution in [1.29, 1.82) is 0 Å². The van der Waals surface area contributed by atoms with Crippen molar-refractivity contribution in [2.45, 2.75) is 94.2 Å². The van der Waals surface area contributed by atoms with Gasteiger partial charge in [0, 0.05) is 12.8 Å². The van der Waals surface area contributed by atoms with E-state index >= 15 is 0 Å². The first kappa shape index (κ1) is 15.8. The van der Waals surface area contributed by atoms with E-state index in [1.165, 1.54) is 38.5 Å². The molecule has 2 spiro atoms. The predicted molar refractivity (Wildman–Crippen MR) is 85.2 cm³/mol. The first-order valence-corrected chi connectivity index (χ1v) is 9.17. The average Bonchev–Trinajstić information content (AvgIpc) is 2.46. The van der Waals surface area contributed by atoms with Crippen molar-refractivity contribution >= 4 is 0 Å². The van der Waals surface area contributed by atoms with Gasteiger partial charge < -0.3 is 4.48 Å². The molecule has 0 aromatic carbocycles. The Kier molecular flexibility index (Phi) is 4.13. The molecule has 3 fully saturated rings. The third-order valence-electron chi connectivity index (χ3n) is 6.76. The Bertz CT molecular complexity index is 334. The number of hydrogen-bond acceptors (Lipinski definition) is 1. The van der Waals surface area contributed by atoms with Crippen molar-refractivity contribution in [3.63, 3.8) is 0 Å². The van der Waals surface area contributed by atoms with Gasteiger partial charge in [-0.2, -0.15) is 0 Å². The van der Waals surface area contributed by atoms with Gasteiger partial charge in [0.05, 0.1) is 38.3 Å². The number of hydrogen-bond donors (Lipinski definition) is 0. The Morgan fingerprint density at radius 1 is 0.762 bits per heavy atom.